The first-order chi connectivity index (χ1) is 10.6. The number of unbranched alkanes of at least 4 members (excludes halogenated alkanes) is 1. The monoisotopic (exact) mass is 361 g/mol. The second kappa shape index (κ2) is 10.2. The highest BCUT2D eigenvalue weighted by Crippen LogP contribution is 2.23. The van der Waals surface area contributed by atoms with Crippen molar-refractivity contribution in [3.05, 3.63) is 5.82 Å². The van der Waals surface area contributed by atoms with Crippen LogP contribution in [0.15, 0.2) is 0 Å². The molecule has 1 atom stereocenters. The van der Waals surface area contributed by atoms with Crippen LogP contribution in [0.2, 0.25) is 0 Å². The first-order valence-corrected chi connectivity index (χ1v) is 9.20. The molecule has 1 unspecified atom stereocenters. The summed E-state index contributed by atoms with van der Waals surface area (Å²) in [4.78, 5) is 16.8. The Morgan fingerprint density at radius 3 is 2.83 bits per heavy atom. The number of piperidine rings is 1. The molecule has 1 aliphatic heterocycles. The molecule has 0 saturated carbocycles. The zero-order valence-corrected chi connectivity index (χ0v) is 15.8. The third-order valence-corrected chi connectivity index (χ3v) is 5.19. The predicted octanol–water partition coefficient (Wildman–Crippen LogP) is 2.56. The molecule has 1 fully saturated rings. The van der Waals surface area contributed by atoms with Crippen LogP contribution in [0.5, 0.6) is 0 Å². The second-order valence-electron chi connectivity index (χ2n) is 5.80. The molecule has 1 aromatic heterocycles. The summed E-state index contributed by atoms with van der Waals surface area (Å²) in [5.41, 5.74) is 0. The van der Waals surface area contributed by atoms with Gasteiger partial charge in [-0.3, -0.25) is 10.1 Å². The molecule has 23 heavy (non-hydrogen) atoms. The van der Waals surface area contributed by atoms with Gasteiger partial charge < -0.3 is 5.32 Å². The summed E-state index contributed by atoms with van der Waals surface area (Å²) < 4.78 is 1.68. The molecule has 2 heterocycles. The van der Waals surface area contributed by atoms with Crippen LogP contribution >= 0.6 is 24.2 Å². The minimum Gasteiger partial charge on any atom is -0.317 e. The molecule has 1 aromatic rings. The van der Waals surface area contributed by atoms with E-state index >= 15 is 0 Å². The number of amides is 1. The molecular weight excluding hydrogens is 334 g/mol. The molecule has 2 rings (SSSR count). The molecule has 1 amide bonds. The lowest BCUT2D eigenvalue weighted by Gasteiger charge is -2.19. The first kappa shape index (κ1) is 20.3. The van der Waals surface area contributed by atoms with Gasteiger partial charge in [0.15, 0.2) is 5.82 Å². The van der Waals surface area contributed by atoms with Gasteiger partial charge >= 0.3 is 0 Å². The van der Waals surface area contributed by atoms with E-state index in [4.69, 9.17) is 0 Å². The van der Waals surface area contributed by atoms with Gasteiger partial charge in [-0.25, -0.2) is 4.68 Å². The van der Waals surface area contributed by atoms with E-state index in [0.717, 1.165) is 50.4 Å². The lowest BCUT2D eigenvalue weighted by Crippen LogP contribution is -2.27. The molecule has 0 bridgehead atoms. The maximum Gasteiger partial charge on any atom is 0.239 e. The van der Waals surface area contributed by atoms with Crippen LogP contribution in [0, 0.1) is 0 Å². The quantitative estimate of drug-likeness (QED) is 0.730. The Bertz CT molecular complexity index is 490. The minimum absolute atomic E-state index is 0. The van der Waals surface area contributed by atoms with Crippen molar-refractivity contribution in [1.29, 1.82) is 0 Å². The standard InChI is InChI=1S/C15H27N5OS.ClH/c1-4-5-10-22-11(2)14(21)18-15-17-13(19-20(15)3)12-6-8-16-9-7-12;/h11-12,16H,4-10H2,1-3H3,(H,17,18,19,21);1H. The summed E-state index contributed by atoms with van der Waals surface area (Å²) in [7, 11) is 1.84. The van der Waals surface area contributed by atoms with E-state index in [1.165, 1.54) is 0 Å². The molecule has 0 radical (unpaired) electrons. The molecule has 0 spiro atoms. The third kappa shape index (κ3) is 5.97. The topological polar surface area (TPSA) is 71.8 Å². The van der Waals surface area contributed by atoms with E-state index in [9.17, 15) is 4.79 Å². The fraction of sp³-hybridized carbons (Fsp3) is 0.800. The van der Waals surface area contributed by atoms with Gasteiger partial charge in [-0.2, -0.15) is 10.1 Å². The SMILES string of the molecule is CCCCSC(C)C(=O)Nc1nc(C2CCNCC2)nn1C.Cl. The van der Waals surface area contributed by atoms with Crippen LogP contribution in [0.4, 0.5) is 5.95 Å². The molecule has 1 saturated heterocycles. The van der Waals surface area contributed by atoms with E-state index in [1.807, 2.05) is 14.0 Å². The van der Waals surface area contributed by atoms with Gasteiger partial charge in [0, 0.05) is 13.0 Å². The van der Waals surface area contributed by atoms with Gasteiger partial charge in [0.05, 0.1) is 5.25 Å². The van der Waals surface area contributed by atoms with Crippen molar-refractivity contribution in [2.75, 3.05) is 24.2 Å². The van der Waals surface area contributed by atoms with Crippen molar-refractivity contribution in [3.8, 4) is 0 Å². The average Bonchev–Trinajstić information content (AvgIpc) is 2.89. The van der Waals surface area contributed by atoms with Crippen molar-refractivity contribution >= 4 is 36.0 Å². The highest BCUT2D eigenvalue weighted by atomic mass is 35.5. The zero-order chi connectivity index (χ0) is 15.9. The summed E-state index contributed by atoms with van der Waals surface area (Å²) in [5, 5.41) is 10.7. The highest BCUT2D eigenvalue weighted by molar-refractivity contribution is 8.00. The fourth-order valence-corrected chi connectivity index (χ4v) is 3.48. The van der Waals surface area contributed by atoms with E-state index in [2.05, 4.69) is 27.6 Å². The summed E-state index contributed by atoms with van der Waals surface area (Å²) >= 11 is 1.69. The van der Waals surface area contributed by atoms with Gasteiger partial charge in [-0.15, -0.1) is 24.2 Å². The van der Waals surface area contributed by atoms with Gasteiger partial charge in [0.1, 0.15) is 0 Å². The number of aromatic nitrogens is 3. The molecule has 0 aromatic carbocycles. The number of hydrogen-bond donors (Lipinski definition) is 2. The van der Waals surface area contributed by atoms with Crippen LogP contribution in [0.25, 0.3) is 0 Å². The van der Waals surface area contributed by atoms with Crippen molar-refractivity contribution in [2.24, 2.45) is 7.05 Å². The van der Waals surface area contributed by atoms with Gasteiger partial charge in [-0.05, 0) is 45.0 Å². The smallest absolute Gasteiger partial charge is 0.239 e. The van der Waals surface area contributed by atoms with E-state index in [-0.39, 0.29) is 23.6 Å². The summed E-state index contributed by atoms with van der Waals surface area (Å²) in [5.74, 6) is 2.83. The van der Waals surface area contributed by atoms with E-state index < -0.39 is 0 Å². The molecule has 6 nitrogen and oxygen atoms in total. The summed E-state index contributed by atoms with van der Waals surface area (Å²) in [6.45, 7) is 6.12. The Morgan fingerprint density at radius 2 is 2.17 bits per heavy atom. The summed E-state index contributed by atoms with van der Waals surface area (Å²) in [6, 6.07) is 0. The molecule has 1 aliphatic rings. The van der Waals surface area contributed by atoms with Crippen molar-refractivity contribution in [2.45, 2.75) is 50.7 Å². The van der Waals surface area contributed by atoms with Crippen LogP contribution in [0.1, 0.15) is 51.3 Å². The zero-order valence-electron chi connectivity index (χ0n) is 14.2. The molecule has 8 heteroatoms. The maximum atomic E-state index is 12.2. The Balaban J connectivity index is 0.00000264. The number of thioether (sulfide) groups is 1. The molecule has 2 N–H and O–H groups in total. The number of aryl methyl sites for hydroxylation is 1. The van der Waals surface area contributed by atoms with Crippen molar-refractivity contribution in [1.82, 2.24) is 20.1 Å². The highest BCUT2D eigenvalue weighted by Gasteiger charge is 2.22. The van der Waals surface area contributed by atoms with Crippen molar-refractivity contribution < 1.29 is 4.79 Å². The Morgan fingerprint density at radius 1 is 1.48 bits per heavy atom. The molecule has 132 valence electrons. The lowest BCUT2D eigenvalue weighted by molar-refractivity contribution is -0.115. The largest absolute Gasteiger partial charge is 0.317 e. The van der Waals surface area contributed by atoms with Crippen LogP contribution in [-0.2, 0) is 11.8 Å². The van der Waals surface area contributed by atoms with Gasteiger partial charge in [0.2, 0.25) is 11.9 Å². The van der Waals surface area contributed by atoms with E-state index in [0.29, 0.717) is 11.9 Å². The number of halogens is 1. The Labute approximate surface area is 149 Å². The van der Waals surface area contributed by atoms with Crippen molar-refractivity contribution in [3.63, 3.8) is 0 Å². The van der Waals surface area contributed by atoms with Gasteiger partial charge in [-0.1, -0.05) is 13.3 Å². The second-order valence-corrected chi connectivity index (χ2v) is 7.25. The Kier molecular flexibility index (Phi) is 8.94. The third-order valence-electron chi connectivity index (χ3n) is 3.95. The normalized spacial score (nSPS) is 16.7. The van der Waals surface area contributed by atoms with Crippen LogP contribution in [0.3, 0.4) is 0 Å². The lowest BCUT2D eigenvalue weighted by atomic mass is 9.98. The molecule has 0 aliphatic carbocycles. The predicted molar refractivity (Wildman–Crippen MR) is 98.6 cm³/mol. The summed E-state index contributed by atoms with van der Waals surface area (Å²) in [6.07, 6.45) is 4.41. The number of rotatable bonds is 7. The maximum absolute atomic E-state index is 12.2. The number of anilines is 1. The Hall–Kier alpha value is -0.790. The van der Waals surface area contributed by atoms with E-state index in [1.54, 1.807) is 16.4 Å². The number of nitrogens with zero attached hydrogens (tertiary/aromatic N) is 3. The molecular formula is C15H28ClN5OS. The first-order valence-electron chi connectivity index (χ1n) is 8.16. The number of carbonyl (C=O) groups excluding carboxylic acids is 1. The van der Waals surface area contributed by atoms with Crippen LogP contribution < -0.4 is 10.6 Å². The van der Waals surface area contributed by atoms with Gasteiger partial charge in [0.25, 0.3) is 0 Å². The number of nitrogens with one attached hydrogen (secondary N) is 2. The number of hydrogen-bond acceptors (Lipinski definition) is 5. The average molecular weight is 362 g/mol. The minimum atomic E-state index is -0.0643. The van der Waals surface area contributed by atoms with Crippen LogP contribution in [-0.4, -0.2) is 44.8 Å². The number of carbonyl (C=O) groups is 1. The fourth-order valence-electron chi connectivity index (χ4n) is 2.46.